The van der Waals surface area contributed by atoms with Crippen LogP contribution in [0.15, 0.2) is 42.5 Å². The largest absolute Gasteiger partial charge is 0.348 e. The zero-order valence-electron chi connectivity index (χ0n) is 16.7. The highest BCUT2D eigenvalue weighted by molar-refractivity contribution is 7.90. The Labute approximate surface area is 166 Å². The number of nitrogens with one attached hydrogen (secondary N) is 1. The molecule has 0 unspecified atom stereocenters. The Morgan fingerprint density at radius 3 is 2.25 bits per heavy atom. The van der Waals surface area contributed by atoms with Crippen LogP contribution in [0.3, 0.4) is 0 Å². The predicted molar refractivity (Wildman–Crippen MR) is 109 cm³/mol. The number of carbonyl (C=O) groups excluding carboxylic acids is 1. The van der Waals surface area contributed by atoms with Crippen molar-refractivity contribution in [2.75, 3.05) is 24.9 Å². The first-order valence-corrected chi connectivity index (χ1v) is 10.2. The van der Waals surface area contributed by atoms with Crippen molar-refractivity contribution in [3.8, 4) is 0 Å². The van der Waals surface area contributed by atoms with Gasteiger partial charge < -0.3 is 5.32 Å². The summed E-state index contributed by atoms with van der Waals surface area (Å²) in [6.45, 7) is 5.39. The molecule has 6 nitrogen and oxygen atoms in total. The maximum Gasteiger partial charge on any atom is 0.304 e. The number of hydrogen-bond acceptors (Lipinski definition) is 3. The van der Waals surface area contributed by atoms with Gasteiger partial charge in [0.2, 0.25) is 5.91 Å². The van der Waals surface area contributed by atoms with Crippen LogP contribution in [-0.4, -0.2) is 39.3 Å². The molecule has 152 valence electrons. The number of halogens is 1. The van der Waals surface area contributed by atoms with Gasteiger partial charge in [-0.15, -0.1) is 0 Å². The minimum absolute atomic E-state index is 0.212. The van der Waals surface area contributed by atoms with Gasteiger partial charge in [0.25, 0.3) is 0 Å². The summed E-state index contributed by atoms with van der Waals surface area (Å²) in [6, 6.07) is 10.6. The number of aryl methyl sites for hydroxylation is 2. The fraction of sp³-hybridized carbons (Fsp3) is 0.350. The second-order valence-electron chi connectivity index (χ2n) is 6.92. The second-order valence-corrected chi connectivity index (χ2v) is 8.99. The summed E-state index contributed by atoms with van der Waals surface area (Å²) in [6.07, 6.45) is 0. The van der Waals surface area contributed by atoms with Gasteiger partial charge in [0, 0.05) is 14.1 Å². The number of carbonyl (C=O) groups is 1. The summed E-state index contributed by atoms with van der Waals surface area (Å²) >= 11 is 0. The fourth-order valence-electron chi connectivity index (χ4n) is 2.92. The Morgan fingerprint density at radius 2 is 1.71 bits per heavy atom. The van der Waals surface area contributed by atoms with Gasteiger partial charge in [0.05, 0.1) is 11.7 Å². The van der Waals surface area contributed by atoms with Crippen LogP contribution in [0.5, 0.6) is 0 Å². The van der Waals surface area contributed by atoms with Crippen molar-refractivity contribution in [3.63, 3.8) is 0 Å². The molecule has 0 aliphatic rings. The van der Waals surface area contributed by atoms with Gasteiger partial charge in [-0.25, -0.2) is 8.70 Å². The maximum atomic E-state index is 13.2. The first-order chi connectivity index (χ1) is 13.0. The average molecular weight is 408 g/mol. The average Bonchev–Trinajstić information content (AvgIpc) is 2.60. The smallest absolute Gasteiger partial charge is 0.304 e. The lowest BCUT2D eigenvalue weighted by Crippen LogP contribution is -2.46. The molecular formula is C20H26FN3O3S. The molecular weight excluding hydrogens is 381 g/mol. The van der Waals surface area contributed by atoms with Crippen molar-refractivity contribution in [1.82, 2.24) is 9.62 Å². The molecule has 0 saturated carbocycles. The Balaban J connectivity index is 2.23. The molecule has 0 aromatic heterocycles. The predicted octanol–water partition coefficient (Wildman–Crippen LogP) is 2.93. The normalized spacial score (nSPS) is 12.7. The third kappa shape index (κ3) is 5.08. The molecule has 0 saturated heterocycles. The number of nitrogens with zero attached hydrogens (tertiary/aromatic N) is 2. The topological polar surface area (TPSA) is 69.7 Å². The molecule has 0 aliphatic carbocycles. The van der Waals surface area contributed by atoms with E-state index in [-0.39, 0.29) is 11.7 Å². The number of amides is 1. The Morgan fingerprint density at radius 1 is 1.11 bits per heavy atom. The molecule has 1 N–H and O–H groups in total. The summed E-state index contributed by atoms with van der Waals surface area (Å²) in [7, 11) is -1.18. The number of anilines is 1. The lowest BCUT2D eigenvalue weighted by molar-refractivity contribution is -0.120. The van der Waals surface area contributed by atoms with Crippen molar-refractivity contribution in [1.29, 1.82) is 0 Å². The molecule has 0 aliphatic heterocycles. The highest BCUT2D eigenvalue weighted by Crippen LogP contribution is 2.21. The SMILES string of the molecule is Cc1ccc([C@H](C)NC(=O)CN(c2ccc(F)cc2)S(=O)(=O)N(C)C)c(C)c1. The molecule has 8 heteroatoms. The number of benzene rings is 2. The quantitative estimate of drug-likeness (QED) is 0.767. The van der Waals surface area contributed by atoms with Crippen LogP contribution >= 0.6 is 0 Å². The highest BCUT2D eigenvalue weighted by atomic mass is 32.2. The van der Waals surface area contributed by atoms with Crippen LogP contribution in [0.25, 0.3) is 0 Å². The minimum Gasteiger partial charge on any atom is -0.348 e. The van der Waals surface area contributed by atoms with E-state index in [0.717, 1.165) is 37.4 Å². The van der Waals surface area contributed by atoms with Crippen LogP contribution in [0.4, 0.5) is 10.1 Å². The van der Waals surface area contributed by atoms with E-state index in [4.69, 9.17) is 0 Å². The molecule has 2 aromatic rings. The van der Waals surface area contributed by atoms with Crippen molar-refractivity contribution in [3.05, 3.63) is 65.0 Å². The van der Waals surface area contributed by atoms with Crippen molar-refractivity contribution in [2.24, 2.45) is 0 Å². The van der Waals surface area contributed by atoms with Gasteiger partial charge in [0.1, 0.15) is 12.4 Å². The van der Waals surface area contributed by atoms with Gasteiger partial charge in [-0.05, 0) is 56.2 Å². The van der Waals surface area contributed by atoms with E-state index < -0.39 is 28.5 Å². The van der Waals surface area contributed by atoms with E-state index in [1.165, 1.54) is 26.2 Å². The molecule has 2 rings (SSSR count). The molecule has 28 heavy (non-hydrogen) atoms. The third-order valence-electron chi connectivity index (χ3n) is 4.41. The first kappa shape index (κ1) is 21.8. The summed E-state index contributed by atoms with van der Waals surface area (Å²) in [4.78, 5) is 12.6. The zero-order valence-corrected chi connectivity index (χ0v) is 17.5. The van der Waals surface area contributed by atoms with Gasteiger partial charge in [-0.2, -0.15) is 12.7 Å². The number of rotatable bonds is 7. The van der Waals surface area contributed by atoms with Gasteiger partial charge in [-0.1, -0.05) is 23.8 Å². The van der Waals surface area contributed by atoms with Crippen LogP contribution in [0.2, 0.25) is 0 Å². The van der Waals surface area contributed by atoms with Crippen LogP contribution < -0.4 is 9.62 Å². The zero-order chi connectivity index (χ0) is 21.1. The Kier molecular flexibility index (Phi) is 6.79. The van der Waals surface area contributed by atoms with E-state index in [1.807, 2.05) is 39.0 Å². The molecule has 1 atom stereocenters. The molecule has 0 heterocycles. The number of hydrogen-bond donors (Lipinski definition) is 1. The molecule has 2 aromatic carbocycles. The van der Waals surface area contributed by atoms with E-state index in [0.29, 0.717) is 0 Å². The van der Waals surface area contributed by atoms with Gasteiger partial charge in [0.15, 0.2) is 0 Å². The molecule has 0 spiro atoms. The Hall–Kier alpha value is -2.45. The standard InChI is InChI=1S/C20H26FN3O3S/c1-14-6-11-19(15(2)12-14)16(3)22-20(25)13-24(28(26,27)23(4)5)18-9-7-17(21)8-10-18/h6-12,16H,13H2,1-5H3,(H,22,25)/t16-/m0/s1. The van der Waals surface area contributed by atoms with Crippen molar-refractivity contribution < 1.29 is 17.6 Å². The molecule has 1 amide bonds. The maximum absolute atomic E-state index is 13.2. The first-order valence-electron chi connectivity index (χ1n) is 8.84. The van der Waals surface area contributed by atoms with Crippen LogP contribution in [0, 0.1) is 19.7 Å². The van der Waals surface area contributed by atoms with Gasteiger partial charge in [-0.3, -0.25) is 4.79 Å². The highest BCUT2D eigenvalue weighted by Gasteiger charge is 2.28. The molecule has 0 bridgehead atoms. The molecule has 0 radical (unpaired) electrons. The Bertz CT molecular complexity index is 944. The van der Waals surface area contributed by atoms with Gasteiger partial charge >= 0.3 is 10.2 Å². The lowest BCUT2D eigenvalue weighted by Gasteiger charge is -2.27. The third-order valence-corrected chi connectivity index (χ3v) is 6.23. The second kappa shape index (κ2) is 8.70. The summed E-state index contributed by atoms with van der Waals surface area (Å²) in [5.41, 5.74) is 3.34. The van der Waals surface area contributed by atoms with Crippen LogP contribution in [0.1, 0.15) is 29.7 Å². The van der Waals surface area contributed by atoms with Crippen LogP contribution in [-0.2, 0) is 15.0 Å². The fourth-order valence-corrected chi connectivity index (χ4v) is 3.98. The van der Waals surface area contributed by atoms with Crippen molar-refractivity contribution in [2.45, 2.75) is 26.8 Å². The minimum atomic E-state index is -3.93. The van der Waals surface area contributed by atoms with E-state index in [9.17, 15) is 17.6 Å². The van der Waals surface area contributed by atoms with E-state index in [2.05, 4.69) is 5.32 Å². The lowest BCUT2D eigenvalue weighted by atomic mass is 10.0. The summed E-state index contributed by atoms with van der Waals surface area (Å²) in [5, 5.41) is 2.84. The van der Waals surface area contributed by atoms with E-state index >= 15 is 0 Å². The van der Waals surface area contributed by atoms with Crippen molar-refractivity contribution >= 4 is 21.8 Å². The van der Waals surface area contributed by atoms with E-state index in [1.54, 1.807) is 0 Å². The summed E-state index contributed by atoms with van der Waals surface area (Å²) < 4.78 is 40.6. The summed E-state index contributed by atoms with van der Waals surface area (Å²) in [5.74, 6) is -0.943. The molecule has 0 fully saturated rings. The monoisotopic (exact) mass is 407 g/mol.